The second kappa shape index (κ2) is 8.47. The van der Waals surface area contributed by atoms with Crippen LogP contribution in [0.2, 0.25) is 0 Å². The highest BCUT2D eigenvalue weighted by Gasteiger charge is 2.30. The fourth-order valence-electron chi connectivity index (χ4n) is 2.90. The molecule has 0 aliphatic rings. The van der Waals surface area contributed by atoms with Gasteiger partial charge >= 0.3 is 5.97 Å². The second-order valence-electron chi connectivity index (χ2n) is 6.40. The van der Waals surface area contributed by atoms with Crippen LogP contribution in [0.3, 0.4) is 0 Å². The molecule has 5 heteroatoms. The molecule has 0 unspecified atom stereocenters. The smallest absolute Gasteiger partial charge is 0.307 e. The van der Waals surface area contributed by atoms with Gasteiger partial charge in [0.15, 0.2) is 0 Å². The molecule has 0 aliphatic heterocycles. The monoisotopic (exact) mass is 451 g/mol. The number of aliphatic carboxylic acids is 1. The molecule has 0 saturated heterocycles. The zero-order chi connectivity index (χ0) is 18.6. The average Bonchev–Trinajstić information content (AvgIpc) is 2.53. The molecule has 0 radical (unpaired) electrons. The van der Waals surface area contributed by atoms with Gasteiger partial charge in [0.05, 0.1) is 17.5 Å². The van der Waals surface area contributed by atoms with Gasteiger partial charge in [-0.25, -0.2) is 0 Å². The van der Waals surface area contributed by atoms with Gasteiger partial charge in [0, 0.05) is 3.57 Å². The first-order chi connectivity index (χ1) is 11.8. The number of benzene rings is 2. The van der Waals surface area contributed by atoms with Crippen molar-refractivity contribution in [2.24, 2.45) is 11.8 Å². The standard InChI is InChI=1S/C20H22INO3/c1-12-8-13(2)10-15(9-12)11-16(14(3)20(24)25)19(23)22-18-7-5-4-6-17(18)21/h4-10,14,16H,11H2,1-3H3,(H,22,23)(H,24,25)/t14-,16+/m1/s1. The lowest BCUT2D eigenvalue weighted by atomic mass is 9.86. The van der Waals surface area contributed by atoms with Crippen molar-refractivity contribution in [3.8, 4) is 0 Å². The zero-order valence-electron chi connectivity index (χ0n) is 14.5. The highest BCUT2D eigenvalue weighted by atomic mass is 127. The number of nitrogens with one attached hydrogen (secondary N) is 1. The summed E-state index contributed by atoms with van der Waals surface area (Å²) < 4.78 is 0.918. The zero-order valence-corrected chi connectivity index (χ0v) is 16.7. The van der Waals surface area contributed by atoms with Gasteiger partial charge < -0.3 is 10.4 Å². The largest absolute Gasteiger partial charge is 0.481 e. The number of hydrogen-bond acceptors (Lipinski definition) is 2. The van der Waals surface area contributed by atoms with Crippen LogP contribution in [-0.4, -0.2) is 17.0 Å². The summed E-state index contributed by atoms with van der Waals surface area (Å²) in [5.41, 5.74) is 3.90. The van der Waals surface area contributed by atoms with Crippen molar-refractivity contribution in [2.45, 2.75) is 27.2 Å². The molecule has 2 aromatic carbocycles. The molecule has 2 rings (SSSR count). The molecule has 1 amide bonds. The number of carbonyl (C=O) groups excluding carboxylic acids is 1. The van der Waals surface area contributed by atoms with E-state index in [1.54, 1.807) is 6.92 Å². The van der Waals surface area contributed by atoms with Gasteiger partial charge in [-0.15, -0.1) is 0 Å². The number of amides is 1. The third kappa shape index (κ3) is 5.29. The molecule has 2 N–H and O–H groups in total. The molecule has 25 heavy (non-hydrogen) atoms. The molecule has 2 aromatic rings. The maximum atomic E-state index is 12.8. The van der Waals surface area contributed by atoms with Gasteiger partial charge in [-0.1, -0.05) is 48.4 Å². The maximum Gasteiger partial charge on any atom is 0.307 e. The van der Waals surface area contributed by atoms with Crippen LogP contribution in [0.15, 0.2) is 42.5 Å². The van der Waals surface area contributed by atoms with Crippen LogP contribution < -0.4 is 5.32 Å². The normalized spacial score (nSPS) is 13.1. The lowest BCUT2D eigenvalue weighted by Gasteiger charge is -2.21. The van der Waals surface area contributed by atoms with Crippen LogP contribution in [0.5, 0.6) is 0 Å². The molecule has 0 saturated carbocycles. The number of anilines is 1. The number of carboxylic acid groups (broad SMARTS) is 1. The molecule has 0 aliphatic carbocycles. The maximum absolute atomic E-state index is 12.8. The number of para-hydroxylation sites is 1. The number of carbonyl (C=O) groups is 2. The van der Waals surface area contributed by atoms with Crippen molar-refractivity contribution >= 4 is 40.2 Å². The Kier molecular flexibility index (Phi) is 6.58. The SMILES string of the molecule is Cc1cc(C)cc(C[C@H](C(=O)Nc2ccccc2I)[C@@H](C)C(=O)O)c1. The second-order valence-corrected chi connectivity index (χ2v) is 7.56. The molecule has 4 nitrogen and oxygen atoms in total. The minimum Gasteiger partial charge on any atom is -0.481 e. The Bertz CT molecular complexity index is 768. The van der Waals surface area contributed by atoms with Crippen molar-refractivity contribution in [3.63, 3.8) is 0 Å². The van der Waals surface area contributed by atoms with E-state index in [2.05, 4.69) is 34.0 Å². The summed E-state index contributed by atoms with van der Waals surface area (Å²) in [6.45, 7) is 5.59. The highest BCUT2D eigenvalue weighted by Crippen LogP contribution is 2.24. The summed E-state index contributed by atoms with van der Waals surface area (Å²) in [5, 5.41) is 12.3. The first-order valence-electron chi connectivity index (χ1n) is 8.13. The van der Waals surface area contributed by atoms with Crippen LogP contribution in [0.25, 0.3) is 0 Å². The van der Waals surface area contributed by atoms with Crippen molar-refractivity contribution < 1.29 is 14.7 Å². The van der Waals surface area contributed by atoms with E-state index in [0.717, 1.165) is 20.3 Å². The number of hydrogen-bond donors (Lipinski definition) is 2. The first-order valence-corrected chi connectivity index (χ1v) is 9.21. The highest BCUT2D eigenvalue weighted by molar-refractivity contribution is 14.1. The molecular formula is C20H22INO3. The Hall–Kier alpha value is -1.89. The Morgan fingerprint density at radius 2 is 1.72 bits per heavy atom. The van der Waals surface area contributed by atoms with E-state index in [4.69, 9.17) is 0 Å². The quantitative estimate of drug-likeness (QED) is 0.639. The van der Waals surface area contributed by atoms with Gasteiger partial charge in [0.25, 0.3) is 0 Å². The summed E-state index contributed by atoms with van der Waals surface area (Å²) in [7, 11) is 0. The number of aryl methyl sites for hydroxylation is 2. The van der Waals surface area contributed by atoms with Crippen LogP contribution in [-0.2, 0) is 16.0 Å². The van der Waals surface area contributed by atoms with Crippen molar-refractivity contribution in [1.29, 1.82) is 0 Å². The fourth-order valence-corrected chi connectivity index (χ4v) is 3.42. The van der Waals surface area contributed by atoms with E-state index in [9.17, 15) is 14.7 Å². The van der Waals surface area contributed by atoms with Gasteiger partial charge in [-0.2, -0.15) is 0 Å². The van der Waals surface area contributed by atoms with Gasteiger partial charge in [0.2, 0.25) is 5.91 Å². The molecular weight excluding hydrogens is 429 g/mol. The van der Waals surface area contributed by atoms with E-state index >= 15 is 0 Å². The van der Waals surface area contributed by atoms with E-state index in [-0.39, 0.29) is 5.91 Å². The number of rotatable bonds is 6. The Labute approximate surface area is 161 Å². The summed E-state index contributed by atoms with van der Waals surface area (Å²) in [4.78, 5) is 24.3. The van der Waals surface area contributed by atoms with Gasteiger partial charge in [-0.05, 0) is 60.6 Å². The minimum absolute atomic E-state index is 0.266. The van der Waals surface area contributed by atoms with Gasteiger partial charge in [-0.3, -0.25) is 9.59 Å². The lowest BCUT2D eigenvalue weighted by Crippen LogP contribution is -2.34. The van der Waals surface area contributed by atoms with E-state index in [1.165, 1.54) is 0 Å². The molecule has 0 aromatic heterocycles. The third-order valence-corrected chi connectivity index (χ3v) is 5.14. The van der Waals surface area contributed by atoms with Crippen LogP contribution in [0, 0.1) is 29.3 Å². The number of halogens is 1. The Balaban J connectivity index is 2.27. The lowest BCUT2D eigenvalue weighted by molar-refractivity contribution is -0.145. The molecule has 0 bridgehead atoms. The van der Waals surface area contributed by atoms with E-state index < -0.39 is 17.8 Å². The van der Waals surface area contributed by atoms with Crippen LogP contribution in [0.4, 0.5) is 5.69 Å². The molecule has 2 atom stereocenters. The summed E-state index contributed by atoms with van der Waals surface area (Å²) in [6, 6.07) is 13.5. The van der Waals surface area contributed by atoms with Gasteiger partial charge in [0.1, 0.15) is 0 Å². The predicted molar refractivity (Wildman–Crippen MR) is 108 cm³/mol. The average molecular weight is 451 g/mol. The molecule has 0 fully saturated rings. The van der Waals surface area contributed by atoms with Crippen molar-refractivity contribution in [1.82, 2.24) is 0 Å². The minimum atomic E-state index is -0.965. The van der Waals surface area contributed by atoms with E-state index in [0.29, 0.717) is 12.1 Å². The molecule has 0 heterocycles. The predicted octanol–water partition coefficient (Wildman–Crippen LogP) is 4.43. The van der Waals surface area contributed by atoms with Crippen molar-refractivity contribution in [3.05, 3.63) is 62.7 Å². The Morgan fingerprint density at radius 1 is 1.12 bits per heavy atom. The molecule has 132 valence electrons. The Morgan fingerprint density at radius 3 is 2.28 bits per heavy atom. The van der Waals surface area contributed by atoms with Crippen LogP contribution in [0.1, 0.15) is 23.6 Å². The molecule has 0 spiro atoms. The first kappa shape index (κ1) is 19.4. The number of carboxylic acids is 1. The fraction of sp³-hybridized carbons (Fsp3) is 0.300. The summed E-state index contributed by atoms with van der Waals surface area (Å²) in [6.07, 6.45) is 0.394. The summed E-state index contributed by atoms with van der Waals surface area (Å²) >= 11 is 2.15. The van der Waals surface area contributed by atoms with E-state index in [1.807, 2.05) is 50.2 Å². The third-order valence-electron chi connectivity index (χ3n) is 4.20. The topological polar surface area (TPSA) is 66.4 Å². The van der Waals surface area contributed by atoms with Crippen LogP contribution >= 0.6 is 22.6 Å². The summed E-state index contributed by atoms with van der Waals surface area (Å²) in [5.74, 6) is -2.65. The van der Waals surface area contributed by atoms with Crippen molar-refractivity contribution in [2.75, 3.05) is 5.32 Å².